The number of hydrogen-bond acceptors (Lipinski definition) is 8. The maximum absolute atomic E-state index is 12.7. The Hall–Kier alpha value is -4.69. The van der Waals surface area contributed by atoms with Gasteiger partial charge in [-0.05, 0) is 30.3 Å². The molecule has 3 aromatic carbocycles. The Kier molecular flexibility index (Phi) is 7.25. The van der Waals surface area contributed by atoms with Crippen molar-refractivity contribution in [2.45, 2.75) is 4.90 Å². The molecule has 172 valence electrons. The summed E-state index contributed by atoms with van der Waals surface area (Å²) in [6, 6.07) is 18.5. The molecule has 0 heterocycles. The number of carbonyl (C=O) groups is 1. The fraction of sp³-hybridized carbons (Fsp3) is 0.0435. The van der Waals surface area contributed by atoms with Crippen LogP contribution in [-0.4, -0.2) is 26.4 Å². The summed E-state index contributed by atoms with van der Waals surface area (Å²) in [5, 5.41) is 23.0. The van der Waals surface area contributed by atoms with Crippen molar-refractivity contribution >= 4 is 33.5 Å². The van der Waals surface area contributed by atoms with E-state index in [1.54, 1.807) is 36.4 Å². The van der Waals surface area contributed by atoms with Gasteiger partial charge in [0.25, 0.3) is 11.6 Å². The van der Waals surface area contributed by atoms with E-state index in [0.717, 1.165) is 18.2 Å². The summed E-state index contributed by atoms with van der Waals surface area (Å²) in [5.41, 5.74) is -0.206. The van der Waals surface area contributed by atoms with Crippen LogP contribution in [0.25, 0.3) is 6.08 Å². The number of non-ortho nitro benzene ring substituents is 1. The van der Waals surface area contributed by atoms with Gasteiger partial charge >= 0.3 is 10.1 Å². The first kappa shape index (κ1) is 24.0. The number of nitrogens with one attached hydrogen (secondary N) is 1. The number of methoxy groups -OCH3 is 1. The largest absolute Gasteiger partial charge is 0.497 e. The number of nitrogens with zero attached hydrogens (tertiary/aromatic N) is 2. The average molecular weight is 479 g/mol. The molecule has 10 nitrogen and oxygen atoms in total. The molecule has 3 aromatic rings. The van der Waals surface area contributed by atoms with E-state index in [1.165, 1.54) is 37.5 Å². The number of anilines is 1. The van der Waals surface area contributed by atoms with Crippen molar-refractivity contribution < 1.29 is 27.1 Å². The van der Waals surface area contributed by atoms with Crippen molar-refractivity contribution in [3.8, 4) is 17.6 Å². The molecule has 11 heteroatoms. The predicted molar refractivity (Wildman–Crippen MR) is 123 cm³/mol. The Morgan fingerprint density at radius 2 is 1.82 bits per heavy atom. The second-order valence-corrected chi connectivity index (χ2v) is 8.23. The second-order valence-electron chi connectivity index (χ2n) is 6.69. The van der Waals surface area contributed by atoms with Gasteiger partial charge in [0.05, 0.1) is 12.0 Å². The second kappa shape index (κ2) is 10.3. The summed E-state index contributed by atoms with van der Waals surface area (Å²) in [6.07, 6.45) is 1.17. The van der Waals surface area contributed by atoms with Crippen LogP contribution in [0.1, 0.15) is 5.56 Å². The van der Waals surface area contributed by atoms with E-state index in [9.17, 15) is 28.6 Å². The van der Waals surface area contributed by atoms with E-state index in [2.05, 4.69) is 5.32 Å². The van der Waals surface area contributed by atoms with Crippen LogP contribution in [0.2, 0.25) is 0 Å². The van der Waals surface area contributed by atoms with Crippen LogP contribution in [0.3, 0.4) is 0 Å². The lowest BCUT2D eigenvalue weighted by Crippen LogP contribution is -2.14. The van der Waals surface area contributed by atoms with Gasteiger partial charge in [-0.15, -0.1) is 0 Å². The highest BCUT2D eigenvalue weighted by Gasteiger charge is 2.21. The monoisotopic (exact) mass is 479 g/mol. The molecular weight excluding hydrogens is 462 g/mol. The first-order valence-electron chi connectivity index (χ1n) is 9.58. The van der Waals surface area contributed by atoms with Crippen LogP contribution in [-0.2, 0) is 14.9 Å². The molecule has 0 aromatic heterocycles. The lowest BCUT2D eigenvalue weighted by molar-refractivity contribution is -0.385. The van der Waals surface area contributed by atoms with Crippen LogP contribution in [0.15, 0.2) is 83.3 Å². The van der Waals surface area contributed by atoms with Gasteiger partial charge in [-0.3, -0.25) is 14.9 Å². The van der Waals surface area contributed by atoms with Gasteiger partial charge < -0.3 is 14.2 Å². The SMILES string of the molecule is COc1cccc(NC(=O)/C(C#N)=C/c2ccccc2OS(=O)(=O)c2cccc([N+](=O)[O-])c2)c1. The molecule has 1 amide bonds. The van der Waals surface area contributed by atoms with E-state index in [1.807, 2.05) is 0 Å². The number of ether oxygens (including phenoxy) is 1. The van der Waals surface area contributed by atoms with Crippen LogP contribution in [0.4, 0.5) is 11.4 Å². The Morgan fingerprint density at radius 3 is 2.53 bits per heavy atom. The smallest absolute Gasteiger partial charge is 0.339 e. The highest BCUT2D eigenvalue weighted by molar-refractivity contribution is 7.87. The molecule has 0 aliphatic heterocycles. The molecule has 0 aliphatic carbocycles. The fourth-order valence-electron chi connectivity index (χ4n) is 2.80. The van der Waals surface area contributed by atoms with Crippen molar-refractivity contribution in [3.63, 3.8) is 0 Å². The van der Waals surface area contributed by atoms with Gasteiger partial charge in [-0.1, -0.05) is 30.3 Å². The number of amides is 1. The van der Waals surface area contributed by atoms with Crippen molar-refractivity contribution in [3.05, 3.63) is 94.0 Å². The highest BCUT2D eigenvalue weighted by Crippen LogP contribution is 2.27. The highest BCUT2D eigenvalue weighted by atomic mass is 32.2. The summed E-state index contributed by atoms with van der Waals surface area (Å²) in [4.78, 5) is 22.4. The molecule has 0 radical (unpaired) electrons. The molecule has 0 fully saturated rings. The number of nitro benzene ring substituents is 1. The van der Waals surface area contributed by atoms with Crippen molar-refractivity contribution in [2.75, 3.05) is 12.4 Å². The Labute approximate surface area is 194 Å². The maximum Gasteiger partial charge on any atom is 0.339 e. The van der Waals surface area contributed by atoms with Crippen molar-refractivity contribution in [2.24, 2.45) is 0 Å². The number of rotatable bonds is 8. The summed E-state index contributed by atoms with van der Waals surface area (Å²) >= 11 is 0. The first-order valence-corrected chi connectivity index (χ1v) is 11.0. The molecular formula is C23H17N3O7S. The van der Waals surface area contributed by atoms with Gasteiger partial charge in [0.1, 0.15) is 28.0 Å². The summed E-state index contributed by atoms with van der Waals surface area (Å²) in [7, 11) is -2.97. The molecule has 0 saturated heterocycles. The summed E-state index contributed by atoms with van der Waals surface area (Å²) in [6.45, 7) is 0. The van der Waals surface area contributed by atoms with Crippen LogP contribution in [0.5, 0.6) is 11.5 Å². The Bertz CT molecular complexity index is 1430. The summed E-state index contributed by atoms with van der Waals surface area (Å²) in [5.74, 6) is -0.395. The average Bonchev–Trinajstić information content (AvgIpc) is 2.83. The molecule has 0 bridgehead atoms. The van der Waals surface area contributed by atoms with E-state index >= 15 is 0 Å². The molecule has 0 aliphatic rings. The van der Waals surface area contributed by atoms with Crippen LogP contribution in [0, 0.1) is 21.4 Å². The number of nitriles is 1. The molecule has 0 spiro atoms. The molecule has 0 atom stereocenters. The minimum atomic E-state index is -4.44. The zero-order valence-corrected chi connectivity index (χ0v) is 18.5. The molecule has 34 heavy (non-hydrogen) atoms. The molecule has 3 rings (SSSR count). The first-order chi connectivity index (χ1) is 16.2. The maximum atomic E-state index is 12.7. The summed E-state index contributed by atoms with van der Waals surface area (Å²) < 4.78 is 35.7. The third-order valence-corrected chi connectivity index (χ3v) is 5.66. The Balaban J connectivity index is 1.90. The minimum Gasteiger partial charge on any atom is -0.497 e. The van der Waals surface area contributed by atoms with Crippen LogP contribution < -0.4 is 14.2 Å². The van der Waals surface area contributed by atoms with Gasteiger partial charge in [0, 0.05) is 29.4 Å². The third kappa shape index (κ3) is 5.76. The topological polar surface area (TPSA) is 149 Å². The minimum absolute atomic E-state index is 0.133. The lowest BCUT2D eigenvalue weighted by Gasteiger charge is -2.10. The number of para-hydroxylation sites is 1. The van der Waals surface area contributed by atoms with Gasteiger partial charge in [-0.25, -0.2) is 0 Å². The van der Waals surface area contributed by atoms with Gasteiger partial charge in [-0.2, -0.15) is 13.7 Å². The predicted octanol–water partition coefficient (Wildman–Crippen LogP) is 3.92. The quantitative estimate of drug-likeness (QED) is 0.168. The Morgan fingerprint density at radius 1 is 1.09 bits per heavy atom. The van der Waals surface area contributed by atoms with Gasteiger partial charge in [0.15, 0.2) is 0 Å². The van der Waals surface area contributed by atoms with Crippen LogP contribution >= 0.6 is 0 Å². The fourth-order valence-corrected chi connectivity index (χ4v) is 3.79. The normalized spacial score (nSPS) is 11.2. The van der Waals surface area contributed by atoms with Gasteiger partial charge in [0.2, 0.25) is 0 Å². The number of nitro groups is 1. The standard InChI is InChI=1S/C23H17N3O7S/c1-32-20-9-4-7-18(13-20)25-23(27)17(15-24)12-16-6-2-3-11-22(16)33-34(30,31)21-10-5-8-19(14-21)26(28)29/h2-14H,1H3,(H,25,27)/b17-12+. The zero-order chi connectivity index (χ0) is 24.7. The number of carbonyl (C=O) groups excluding carboxylic acids is 1. The number of hydrogen-bond donors (Lipinski definition) is 1. The van der Waals surface area contributed by atoms with Crippen molar-refractivity contribution in [1.29, 1.82) is 5.26 Å². The molecule has 1 N–H and O–H groups in total. The molecule has 0 unspecified atom stereocenters. The third-order valence-electron chi connectivity index (χ3n) is 4.43. The van der Waals surface area contributed by atoms with E-state index in [0.29, 0.717) is 11.4 Å². The number of benzene rings is 3. The van der Waals surface area contributed by atoms with Crippen molar-refractivity contribution in [1.82, 2.24) is 0 Å². The van der Waals surface area contributed by atoms with E-state index in [-0.39, 0.29) is 16.9 Å². The lowest BCUT2D eigenvalue weighted by atomic mass is 10.1. The zero-order valence-electron chi connectivity index (χ0n) is 17.7. The van der Waals surface area contributed by atoms with E-state index < -0.39 is 31.5 Å². The molecule has 0 saturated carbocycles. The van der Waals surface area contributed by atoms with E-state index in [4.69, 9.17) is 8.92 Å².